The number of sulfonamides is 1. The smallest absolute Gasteiger partial charge is 0.276 e. The van der Waals surface area contributed by atoms with Crippen LogP contribution in [0.1, 0.15) is 21.9 Å². The fourth-order valence-electron chi connectivity index (χ4n) is 2.02. The second-order valence-electron chi connectivity index (χ2n) is 5.46. The van der Waals surface area contributed by atoms with Crippen LogP contribution in [0.25, 0.3) is 0 Å². The molecule has 2 aromatic heterocycles. The molecule has 0 saturated heterocycles. The molecule has 0 aromatic carbocycles. The maximum absolute atomic E-state index is 12.6. The van der Waals surface area contributed by atoms with Crippen molar-refractivity contribution in [2.45, 2.75) is 18.7 Å². The molecule has 2 heterocycles. The van der Waals surface area contributed by atoms with Crippen LogP contribution in [0.15, 0.2) is 11.1 Å². The molecule has 10 heteroatoms. The molecule has 0 aliphatic rings. The van der Waals surface area contributed by atoms with Crippen LogP contribution >= 0.6 is 0 Å². The summed E-state index contributed by atoms with van der Waals surface area (Å²) in [4.78, 5) is 13.6. The van der Waals surface area contributed by atoms with Crippen molar-refractivity contribution in [2.24, 2.45) is 14.1 Å². The summed E-state index contributed by atoms with van der Waals surface area (Å²) >= 11 is 0. The first-order valence-corrected chi connectivity index (χ1v) is 8.31. The number of hydrogen-bond donors (Lipinski definition) is 1. The van der Waals surface area contributed by atoms with Crippen molar-refractivity contribution in [3.8, 4) is 0 Å². The topological polar surface area (TPSA) is 102 Å². The van der Waals surface area contributed by atoms with Gasteiger partial charge >= 0.3 is 0 Å². The Morgan fingerprint density at radius 1 is 1.17 bits per heavy atom. The number of rotatable bonds is 4. The van der Waals surface area contributed by atoms with Crippen molar-refractivity contribution in [1.82, 2.24) is 24.5 Å². The normalized spacial score (nSPS) is 11.6. The molecular weight excluding hydrogens is 320 g/mol. The minimum absolute atomic E-state index is 0.0557. The summed E-state index contributed by atoms with van der Waals surface area (Å²) in [6, 6.07) is 0. The standard InChI is InChI=1S/C13H20N6O3S/c1-8-10(7-14-18(8)5)23(21,22)16-11-9(2)19(6)15-12(11)13(20)17(3)4/h7,16H,1-6H3. The monoisotopic (exact) mass is 340 g/mol. The van der Waals surface area contributed by atoms with Crippen LogP contribution in [0.5, 0.6) is 0 Å². The Labute approximate surface area is 134 Å². The molecule has 0 unspecified atom stereocenters. The summed E-state index contributed by atoms with van der Waals surface area (Å²) in [5.41, 5.74) is 1.27. The molecule has 0 bridgehead atoms. The number of anilines is 1. The third-order valence-electron chi connectivity index (χ3n) is 3.66. The molecule has 1 amide bonds. The van der Waals surface area contributed by atoms with E-state index < -0.39 is 10.0 Å². The molecule has 2 aromatic rings. The van der Waals surface area contributed by atoms with Gasteiger partial charge in [0.1, 0.15) is 10.6 Å². The summed E-state index contributed by atoms with van der Waals surface area (Å²) in [5.74, 6) is -0.380. The molecule has 23 heavy (non-hydrogen) atoms. The number of carbonyl (C=O) groups excluding carboxylic acids is 1. The molecule has 0 aliphatic carbocycles. The lowest BCUT2D eigenvalue weighted by Crippen LogP contribution is -2.24. The zero-order valence-electron chi connectivity index (χ0n) is 13.9. The van der Waals surface area contributed by atoms with Crippen molar-refractivity contribution in [1.29, 1.82) is 0 Å². The zero-order valence-corrected chi connectivity index (χ0v) is 14.8. The number of hydrogen-bond acceptors (Lipinski definition) is 5. The number of nitrogens with zero attached hydrogens (tertiary/aromatic N) is 5. The van der Waals surface area contributed by atoms with E-state index in [1.54, 1.807) is 42.0 Å². The minimum atomic E-state index is -3.87. The Hall–Kier alpha value is -2.36. The maximum atomic E-state index is 12.6. The first kappa shape index (κ1) is 17.0. The molecule has 1 N–H and O–H groups in total. The molecule has 0 radical (unpaired) electrons. The second-order valence-corrected chi connectivity index (χ2v) is 7.11. The van der Waals surface area contributed by atoms with Crippen LogP contribution in [0.4, 0.5) is 5.69 Å². The largest absolute Gasteiger partial charge is 0.343 e. The van der Waals surface area contributed by atoms with Gasteiger partial charge in [-0.05, 0) is 13.8 Å². The highest BCUT2D eigenvalue weighted by Gasteiger charge is 2.27. The van der Waals surface area contributed by atoms with Gasteiger partial charge < -0.3 is 4.90 Å². The van der Waals surface area contributed by atoms with Gasteiger partial charge in [0.15, 0.2) is 5.69 Å². The fraction of sp³-hybridized carbons (Fsp3) is 0.462. The van der Waals surface area contributed by atoms with Crippen molar-refractivity contribution < 1.29 is 13.2 Å². The van der Waals surface area contributed by atoms with Gasteiger partial charge in [-0.1, -0.05) is 0 Å². The predicted molar refractivity (Wildman–Crippen MR) is 84.7 cm³/mol. The summed E-state index contributed by atoms with van der Waals surface area (Å²) in [5, 5.41) is 8.05. The average Bonchev–Trinajstić information content (AvgIpc) is 2.93. The van der Waals surface area contributed by atoms with Gasteiger partial charge in [0.2, 0.25) is 0 Å². The Bertz CT molecular complexity index is 863. The number of aromatic nitrogens is 4. The van der Waals surface area contributed by atoms with Gasteiger partial charge in [-0.25, -0.2) is 8.42 Å². The van der Waals surface area contributed by atoms with Crippen LogP contribution in [0.2, 0.25) is 0 Å². The highest BCUT2D eigenvalue weighted by molar-refractivity contribution is 7.92. The van der Waals surface area contributed by atoms with Gasteiger partial charge in [0.05, 0.1) is 17.6 Å². The Balaban J connectivity index is 2.52. The van der Waals surface area contributed by atoms with Gasteiger partial charge in [-0.2, -0.15) is 10.2 Å². The van der Waals surface area contributed by atoms with Crippen molar-refractivity contribution >= 4 is 21.6 Å². The Morgan fingerprint density at radius 3 is 2.26 bits per heavy atom. The van der Waals surface area contributed by atoms with Gasteiger partial charge in [-0.3, -0.25) is 18.9 Å². The van der Waals surface area contributed by atoms with Crippen LogP contribution in [-0.4, -0.2) is 52.9 Å². The Kier molecular flexibility index (Phi) is 4.20. The van der Waals surface area contributed by atoms with E-state index in [2.05, 4.69) is 14.9 Å². The summed E-state index contributed by atoms with van der Waals surface area (Å²) in [7, 11) is 2.59. The lowest BCUT2D eigenvalue weighted by Gasteiger charge is -2.11. The maximum Gasteiger partial charge on any atom is 0.276 e. The van der Waals surface area contributed by atoms with E-state index in [1.165, 1.54) is 20.5 Å². The van der Waals surface area contributed by atoms with Crippen LogP contribution in [0.3, 0.4) is 0 Å². The van der Waals surface area contributed by atoms with Crippen molar-refractivity contribution in [3.05, 3.63) is 23.3 Å². The van der Waals surface area contributed by atoms with E-state index in [0.29, 0.717) is 11.4 Å². The third kappa shape index (κ3) is 2.93. The van der Waals surface area contributed by atoms with E-state index in [-0.39, 0.29) is 22.2 Å². The Morgan fingerprint density at radius 2 is 1.78 bits per heavy atom. The molecular formula is C13H20N6O3S. The van der Waals surface area contributed by atoms with Crippen molar-refractivity contribution in [2.75, 3.05) is 18.8 Å². The van der Waals surface area contributed by atoms with Crippen LogP contribution in [-0.2, 0) is 24.1 Å². The van der Waals surface area contributed by atoms with E-state index in [1.807, 2.05) is 0 Å². The number of aryl methyl sites for hydroxylation is 2. The summed E-state index contributed by atoms with van der Waals surface area (Å²) in [6.45, 7) is 3.34. The van der Waals surface area contributed by atoms with E-state index in [9.17, 15) is 13.2 Å². The number of amides is 1. The minimum Gasteiger partial charge on any atom is -0.343 e. The molecule has 126 valence electrons. The van der Waals surface area contributed by atoms with Crippen LogP contribution < -0.4 is 4.72 Å². The third-order valence-corrected chi connectivity index (χ3v) is 5.11. The van der Waals surface area contributed by atoms with Gasteiger partial charge in [-0.15, -0.1) is 0 Å². The zero-order chi connectivity index (χ0) is 17.5. The second kappa shape index (κ2) is 5.69. The van der Waals surface area contributed by atoms with Crippen LogP contribution in [0, 0.1) is 13.8 Å². The van der Waals surface area contributed by atoms with Crippen molar-refractivity contribution in [3.63, 3.8) is 0 Å². The number of nitrogens with one attached hydrogen (secondary N) is 1. The first-order valence-electron chi connectivity index (χ1n) is 6.83. The SMILES string of the molecule is Cc1c(S(=O)(=O)Nc2c(C(=O)N(C)C)nn(C)c2C)cnn1C. The molecule has 2 rings (SSSR count). The predicted octanol–water partition coefficient (Wildman–Crippen LogP) is 0.273. The van der Waals surface area contributed by atoms with Gasteiger partial charge in [0.25, 0.3) is 15.9 Å². The molecule has 9 nitrogen and oxygen atoms in total. The molecule has 0 spiro atoms. The van der Waals surface area contributed by atoms with Gasteiger partial charge in [0, 0.05) is 28.2 Å². The van der Waals surface area contributed by atoms with E-state index >= 15 is 0 Å². The first-order chi connectivity index (χ1) is 10.6. The molecule has 0 atom stereocenters. The lowest BCUT2D eigenvalue weighted by molar-refractivity contribution is 0.0822. The quantitative estimate of drug-likeness (QED) is 0.861. The highest BCUT2D eigenvalue weighted by Crippen LogP contribution is 2.25. The summed E-state index contributed by atoms with van der Waals surface area (Å²) < 4.78 is 30.6. The molecule has 0 saturated carbocycles. The lowest BCUT2D eigenvalue weighted by atomic mass is 10.3. The average molecular weight is 340 g/mol. The molecule has 0 fully saturated rings. The van der Waals surface area contributed by atoms with E-state index in [4.69, 9.17) is 0 Å². The molecule has 0 aliphatic heterocycles. The summed E-state index contributed by atoms with van der Waals surface area (Å²) in [6.07, 6.45) is 1.27. The number of carbonyl (C=O) groups is 1. The van der Waals surface area contributed by atoms with E-state index in [0.717, 1.165) is 0 Å². The fourth-order valence-corrected chi connectivity index (χ4v) is 3.35. The highest BCUT2D eigenvalue weighted by atomic mass is 32.2.